The maximum Gasteiger partial charge on any atom is 0.133 e. The highest BCUT2D eigenvalue weighted by Crippen LogP contribution is 2.31. The summed E-state index contributed by atoms with van der Waals surface area (Å²) in [5.41, 5.74) is 8.06. The van der Waals surface area contributed by atoms with Gasteiger partial charge in [-0.2, -0.15) is 0 Å². The van der Waals surface area contributed by atoms with Crippen LogP contribution in [0.1, 0.15) is 39.9 Å². The van der Waals surface area contributed by atoms with Gasteiger partial charge in [-0.25, -0.2) is 9.97 Å². The van der Waals surface area contributed by atoms with E-state index < -0.39 is 0 Å². The Balaban J connectivity index is 2.62. The fourth-order valence-electron chi connectivity index (χ4n) is 2.39. The number of nitrogens with two attached hydrogens (primary N) is 1. The number of nitrogens with zero attached hydrogens (tertiary/aromatic N) is 4. The van der Waals surface area contributed by atoms with E-state index in [4.69, 9.17) is 10.7 Å². The van der Waals surface area contributed by atoms with Gasteiger partial charge in [0.15, 0.2) is 0 Å². The zero-order valence-electron chi connectivity index (χ0n) is 12.4. The zero-order valence-corrected chi connectivity index (χ0v) is 12.4. The van der Waals surface area contributed by atoms with E-state index in [1.54, 1.807) is 12.5 Å². The predicted molar refractivity (Wildman–Crippen MR) is 77.8 cm³/mol. The lowest BCUT2D eigenvalue weighted by molar-refractivity contribution is 0.387. The van der Waals surface area contributed by atoms with Crippen molar-refractivity contribution in [3.8, 4) is 11.4 Å². The second-order valence-corrected chi connectivity index (χ2v) is 5.91. The third-order valence-electron chi connectivity index (χ3n) is 3.19. The highest BCUT2D eigenvalue weighted by Gasteiger charge is 2.25. The van der Waals surface area contributed by atoms with Gasteiger partial charge in [0.1, 0.15) is 17.3 Å². The number of aromatic nitrogens is 4. The van der Waals surface area contributed by atoms with Gasteiger partial charge in [0.25, 0.3) is 0 Å². The van der Waals surface area contributed by atoms with Crippen molar-refractivity contribution in [3.05, 3.63) is 18.3 Å². The Bertz CT molecular complexity index is 571. The molecule has 0 saturated carbocycles. The molecule has 104 valence electrons. The lowest BCUT2D eigenvalue weighted by Gasteiger charge is -2.25. The first-order chi connectivity index (χ1) is 8.86. The van der Waals surface area contributed by atoms with Gasteiger partial charge in [-0.05, 0) is 27.2 Å². The van der Waals surface area contributed by atoms with Crippen molar-refractivity contribution in [2.75, 3.05) is 5.73 Å². The molecule has 2 rings (SSSR count). The number of nitrogen functional groups attached to an aromatic ring is 1. The molecule has 0 aliphatic heterocycles. The van der Waals surface area contributed by atoms with E-state index >= 15 is 0 Å². The lowest BCUT2D eigenvalue weighted by atomic mass is 10.1. The average molecular weight is 261 g/mol. The first-order valence-electron chi connectivity index (χ1n) is 6.70. The van der Waals surface area contributed by atoms with E-state index in [0.29, 0.717) is 0 Å². The van der Waals surface area contributed by atoms with Crippen molar-refractivity contribution in [1.82, 2.24) is 19.1 Å². The SMILES string of the molecule is CCCc1nc(-c2cncn2C)c(N)n1C(C)(C)C. The minimum atomic E-state index is -0.0710. The van der Waals surface area contributed by atoms with Crippen molar-refractivity contribution in [2.24, 2.45) is 7.05 Å². The second kappa shape index (κ2) is 4.72. The molecule has 2 aromatic heterocycles. The highest BCUT2D eigenvalue weighted by molar-refractivity contribution is 5.68. The molecule has 0 unspecified atom stereocenters. The minimum absolute atomic E-state index is 0.0710. The van der Waals surface area contributed by atoms with Crippen LogP contribution in [-0.2, 0) is 19.0 Å². The van der Waals surface area contributed by atoms with Crippen LogP contribution in [0.15, 0.2) is 12.5 Å². The second-order valence-electron chi connectivity index (χ2n) is 5.91. The van der Waals surface area contributed by atoms with Crippen LogP contribution in [0.4, 0.5) is 5.82 Å². The monoisotopic (exact) mass is 261 g/mol. The Kier molecular flexibility index (Phi) is 3.39. The number of aryl methyl sites for hydroxylation is 2. The van der Waals surface area contributed by atoms with E-state index in [9.17, 15) is 0 Å². The van der Waals surface area contributed by atoms with Crippen LogP contribution in [0.25, 0.3) is 11.4 Å². The normalized spacial score (nSPS) is 12.1. The fraction of sp³-hybridized carbons (Fsp3) is 0.571. The summed E-state index contributed by atoms with van der Waals surface area (Å²) < 4.78 is 4.08. The van der Waals surface area contributed by atoms with Crippen molar-refractivity contribution in [1.29, 1.82) is 0 Å². The van der Waals surface area contributed by atoms with Crippen LogP contribution in [-0.4, -0.2) is 19.1 Å². The standard InChI is InChI=1S/C14H23N5/c1-6-7-11-17-12(10-8-16-9-18(10)5)13(15)19(11)14(2,3)4/h8-9H,6-7,15H2,1-5H3. The van der Waals surface area contributed by atoms with Gasteiger partial charge in [0.05, 0.1) is 18.2 Å². The van der Waals surface area contributed by atoms with Gasteiger partial charge < -0.3 is 14.9 Å². The van der Waals surface area contributed by atoms with E-state index in [1.807, 2.05) is 11.6 Å². The summed E-state index contributed by atoms with van der Waals surface area (Å²) in [6.07, 6.45) is 5.56. The molecule has 5 heteroatoms. The third-order valence-corrected chi connectivity index (χ3v) is 3.19. The van der Waals surface area contributed by atoms with Crippen LogP contribution in [0, 0.1) is 0 Å². The molecular formula is C14H23N5. The van der Waals surface area contributed by atoms with Gasteiger partial charge in [-0.15, -0.1) is 0 Å². The molecule has 0 aromatic carbocycles. The number of imidazole rings is 2. The van der Waals surface area contributed by atoms with E-state index in [2.05, 4.69) is 37.2 Å². The molecule has 19 heavy (non-hydrogen) atoms. The quantitative estimate of drug-likeness (QED) is 0.923. The van der Waals surface area contributed by atoms with Gasteiger partial charge >= 0.3 is 0 Å². The molecule has 2 N–H and O–H groups in total. The molecule has 0 amide bonds. The molecular weight excluding hydrogens is 238 g/mol. The van der Waals surface area contributed by atoms with Crippen molar-refractivity contribution >= 4 is 5.82 Å². The molecule has 0 spiro atoms. The highest BCUT2D eigenvalue weighted by atomic mass is 15.2. The topological polar surface area (TPSA) is 61.7 Å². The number of anilines is 1. The summed E-state index contributed by atoms with van der Waals surface area (Å²) in [5, 5.41) is 0. The summed E-state index contributed by atoms with van der Waals surface area (Å²) in [6.45, 7) is 8.60. The zero-order chi connectivity index (χ0) is 14.2. The van der Waals surface area contributed by atoms with Crippen LogP contribution >= 0.6 is 0 Å². The minimum Gasteiger partial charge on any atom is -0.383 e. The van der Waals surface area contributed by atoms with Gasteiger partial charge in [0, 0.05) is 19.0 Å². The van der Waals surface area contributed by atoms with Gasteiger partial charge in [0.2, 0.25) is 0 Å². The molecule has 0 aliphatic carbocycles. The summed E-state index contributed by atoms with van der Waals surface area (Å²) in [6, 6.07) is 0. The van der Waals surface area contributed by atoms with Crippen molar-refractivity contribution < 1.29 is 0 Å². The molecule has 0 saturated heterocycles. The molecule has 2 aromatic rings. The van der Waals surface area contributed by atoms with Crippen molar-refractivity contribution in [2.45, 2.75) is 46.1 Å². The Morgan fingerprint density at radius 3 is 2.47 bits per heavy atom. The summed E-state index contributed by atoms with van der Waals surface area (Å²) in [5.74, 6) is 1.77. The molecule has 0 radical (unpaired) electrons. The van der Waals surface area contributed by atoms with Crippen LogP contribution in [0.2, 0.25) is 0 Å². The predicted octanol–water partition coefficient (Wildman–Crippen LogP) is 2.57. The van der Waals surface area contributed by atoms with E-state index in [-0.39, 0.29) is 5.54 Å². The van der Waals surface area contributed by atoms with E-state index in [1.165, 1.54) is 0 Å². The molecule has 2 heterocycles. The van der Waals surface area contributed by atoms with Gasteiger partial charge in [-0.3, -0.25) is 0 Å². The lowest BCUT2D eigenvalue weighted by Crippen LogP contribution is -2.25. The average Bonchev–Trinajstić information content (AvgIpc) is 2.82. The number of hydrogen-bond donors (Lipinski definition) is 1. The first kappa shape index (κ1) is 13.6. The summed E-state index contributed by atoms with van der Waals surface area (Å²) >= 11 is 0. The molecule has 0 aliphatic rings. The largest absolute Gasteiger partial charge is 0.383 e. The molecule has 0 fully saturated rings. The van der Waals surface area contributed by atoms with Gasteiger partial charge in [-0.1, -0.05) is 6.92 Å². The Labute approximate surface area is 114 Å². The Morgan fingerprint density at radius 1 is 1.32 bits per heavy atom. The number of rotatable bonds is 3. The summed E-state index contributed by atoms with van der Waals surface area (Å²) in [4.78, 5) is 8.89. The first-order valence-corrected chi connectivity index (χ1v) is 6.70. The van der Waals surface area contributed by atoms with Crippen LogP contribution in [0.5, 0.6) is 0 Å². The van der Waals surface area contributed by atoms with E-state index in [0.717, 1.165) is 35.9 Å². The maximum absolute atomic E-state index is 6.34. The molecule has 0 atom stereocenters. The number of hydrogen-bond acceptors (Lipinski definition) is 3. The van der Waals surface area contributed by atoms with Crippen LogP contribution in [0.3, 0.4) is 0 Å². The smallest absolute Gasteiger partial charge is 0.133 e. The fourth-order valence-corrected chi connectivity index (χ4v) is 2.39. The van der Waals surface area contributed by atoms with Crippen LogP contribution < -0.4 is 5.73 Å². The van der Waals surface area contributed by atoms with Crippen molar-refractivity contribution in [3.63, 3.8) is 0 Å². The molecule has 5 nitrogen and oxygen atoms in total. The molecule has 0 bridgehead atoms. The third kappa shape index (κ3) is 2.37. The maximum atomic E-state index is 6.34. The Hall–Kier alpha value is -1.78. The Morgan fingerprint density at radius 2 is 2.00 bits per heavy atom. The summed E-state index contributed by atoms with van der Waals surface area (Å²) in [7, 11) is 1.96.